The topological polar surface area (TPSA) is 6.48 Å². The Hall–Kier alpha value is -0.0800. The first-order valence-electron chi connectivity index (χ1n) is 9.60. The van der Waals surface area contributed by atoms with E-state index >= 15 is 0 Å². The molecule has 0 N–H and O–H groups in total. The van der Waals surface area contributed by atoms with E-state index in [0.29, 0.717) is 10.8 Å². The Bertz CT molecular complexity index is 247. The zero-order valence-corrected chi connectivity index (χ0v) is 16.4. The second-order valence-electron chi connectivity index (χ2n) is 9.72. The molecule has 2 heteroatoms. The maximum absolute atomic E-state index is 2.67. The zero-order valence-electron chi connectivity index (χ0n) is 16.4. The fourth-order valence-corrected chi connectivity index (χ4v) is 3.22. The number of nitrogens with zero attached hydrogens (tertiary/aromatic N) is 2. The third-order valence-corrected chi connectivity index (χ3v) is 4.77. The van der Waals surface area contributed by atoms with Crippen molar-refractivity contribution in [2.75, 3.05) is 39.3 Å². The van der Waals surface area contributed by atoms with E-state index < -0.39 is 0 Å². The molecule has 1 aliphatic heterocycles. The van der Waals surface area contributed by atoms with E-state index in [4.69, 9.17) is 0 Å². The molecule has 1 saturated heterocycles. The summed E-state index contributed by atoms with van der Waals surface area (Å²) in [6.45, 7) is 21.9. The lowest BCUT2D eigenvalue weighted by atomic mass is 9.90. The lowest BCUT2D eigenvalue weighted by molar-refractivity contribution is 0.127. The van der Waals surface area contributed by atoms with Crippen molar-refractivity contribution in [3.63, 3.8) is 0 Å². The van der Waals surface area contributed by atoms with E-state index in [0.717, 1.165) is 0 Å². The Morgan fingerprint density at radius 3 is 1.14 bits per heavy atom. The molecule has 1 aliphatic rings. The van der Waals surface area contributed by atoms with Crippen molar-refractivity contribution in [3.05, 3.63) is 0 Å². The van der Waals surface area contributed by atoms with Gasteiger partial charge in [0.25, 0.3) is 0 Å². The molecule has 1 rings (SSSR count). The molecule has 0 saturated carbocycles. The van der Waals surface area contributed by atoms with Crippen LogP contribution >= 0.6 is 0 Å². The Balaban J connectivity index is 2.01. The van der Waals surface area contributed by atoms with Crippen molar-refractivity contribution in [3.8, 4) is 0 Å². The first-order chi connectivity index (χ1) is 10.2. The molecule has 0 unspecified atom stereocenters. The summed E-state index contributed by atoms with van der Waals surface area (Å²) >= 11 is 0. The van der Waals surface area contributed by atoms with Crippen LogP contribution in [-0.4, -0.2) is 49.1 Å². The van der Waals surface area contributed by atoms with E-state index in [1.165, 1.54) is 77.8 Å². The van der Waals surface area contributed by atoms with Gasteiger partial charge in [0.05, 0.1) is 0 Å². The van der Waals surface area contributed by atoms with Gasteiger partial charge in [-0.1, -0.05) is 54.4 Å². The maximum atomic E-state index is 2.67. The molecule has 0 aromatic heterocycles. The molecule has 0 aliphatic carbocycles. The van der Waals surface area contributed by atoms with E-state index in [-0.39, 0.29) is 0 Å². The lowest BCUT2D eigenvalue weighted by Crippen LogP contribution is -2.46. The summed E-state index contributed by atoms with van der Waals surface area (Å²) in [5.41, 5.74) is 1.01. The molecular formula is C20H42N2. The number of unbranched alkanes of at least 4 members (excludes halogenated alkanes) is 2. The van der Waals surface area contributed by atoms with Crippen LogP contribution in [-0.2, 0) is 0 Å². The van der Waals surface area contributed by atoms with Gasteiger partial charge in [0, 0.05) is 26.2 Å². The molecule has 1 heterocycles. The largest absolute Gasteiger partial charge is 0.301 e. The molecule has 0 atom stereocenters. The monoisotopic (exact) mass is 310 g/mol. The summed E-state index contributed by atoms with van der Waals surface area (Å²) in [6, 6.07) is 0. The number of piperazine rings is 1. The molecule has 0 amide bonds. The van der Waals surface area contributed by atoms with Crippen molar-refractivity contribution >= 4 is 0 Å². The summed E-state index contributed by atoms with van der Waals surface area (Å²) in [5.74, 6) is 0. The third kappa shape index (κ3) is 10.6. The van der Waals surface area contributed by atoms with Gasteiger partial charge in [-0.2, -0.15) is 0 Å². The van der Waals surface area contributed by atoms with Crippen LogP contribution in [0.2, 0.25) is 0 Å². The standard InChI is InChI=1S/C20H42N2/c1-19(2,3)11-7-9-13-21-15-17-22(18-16-21)14-10-8-12-20(4,5)6/h7-18H2,1-6H3. The van der Waals surface area contributed by atoms with Gasteiger partial charge in [0.15, 0.2) is 0 Å². The molecule has 0 radical (unpaired) electrons. The van der Waals surface area contributed by atoms with Gasteiger partial charge in [-0.3, -0.25) is 0 Å². The van der Waals surface area contributed by atoms with Gasteiger partial charge >= 0.3 is 0 Å². The molecule has 0 spiro atoms. The molecule has 132 valence electrons. The Kier molecular flexibility index (Phi) is 8.42. The van der Waals surface area contributed by atoms with Gasteiger partial charge in [-0.15, -0.1) is 0 Å². The van der Waals surface area contributed by atoms with Gasteiger partial charge in [-0.05, 0) is 49.6 Å². The quantitative estimate of drug-likeness (QED) is 0.580. The molecule has 0 bridgehead atoms. The maximum Gasteiger partial charge on any atom is 0.0110 e. The first-order valence-corrected chi connectivity index (χ1v) is 9.60. The van der Waals surface area contributed by atoms with Crippen LogP contribution in [0.1, 0.15) is 80.1 Å². The summed E-state index contributed by atoms with van der Waals surface area (Å²) in [7, 11) is 0. The Morgan fingerprint density at radius 2 is 0.864 bits per heavy atom. The predicted octanol–water partition coefficient (Wildman–Crippen LogP) is 5.04. The fraction of sp³-hybridized carbons (Fsp3) is 1.00. The van der Waals surface area contributed by atoms with E-state index in [1.54, 1.807) is 0 Å². The van der Waals surface area contributed by atoms with Gasteiger partial charge in [0.1, 0.15) is 0 Å². The predicted molar refractivity (Wildman–Crippen MR) is 99.5 cm³/mol. The van der Waals surface area contributed by atoms with Crippen LogP contribution in [0, 0.1) is 10.8 Å². The molecular weight excluding hydrogens is 268 g/mol. The number of hydrogen-bond acceptors (Lipinski definition) is 2. The van der Waals surface area contributed by atoms with Gasteiger partial charge in [0.2, 0.25) is 0 Å². The van der Waals surface area contributed by atoms with Crippen LogP contribution in [0.5, 0.6) is 0 Å². The molecule has 22 heavy (non-hydrogen) atoms. The van der Waals surface area contributed by atoms with E-state index in [1.807, 2.05) is 0 Å². The van der Waals surface area contributed by atoms with Gasteiger partial charge < -0.3 is 9.80 Å². The van der Waals surface area contributed by atoms with Crippen molar-refractivity contribution in [1.29, 1.82) is 0 Å². The van der Waals surface area contributed by atoms with Crippen LogP contribution in [0.4, 0.5) is 0 Å². The molecule has 0 aromatic rings. The summed E-state index contributed by atoms with van der Waals surface area (Å²) in [6.07, 6.45) is 8.25. The van der Waals surface area contributed by atoms with Gasteiger partial charge in [-0.25, -0.2) is 0 Å². The minimum absolute atomic E-state index is 0.506. The normalized spacial score (nSPS) is 18.8. The fourth-order valence-electron chi connectivity index (χ4n) is 3.22. The van der Waals surface area contributed by atoms with Crippen molar-refractivity contribution in [1.82, 2.24) is 9.80 Å². The highest BCUT2D eigenvalue weighted by atomic mass is 15.3. The van der Waals surface area contributed by atoms with Crippen molar-refractivity contribution < 1.29 is 0 Å². The third-order valence-electron chi connectivity index (χ3n) is 4.77. The lowest BCUT2D eigenvalue weighted by Gasteiger charge is -2.35. The Morgan fingerprint density at radius 1 is 0.545 bits per heavy atom. The smallest absolute Gasteiger partial charge is 0.0110 e. The molecule has 2 nitrogen and oxygen atoms in total. The highest BCUT2D eigenvalue weighted by Gasteiger charge is 2.17. The number of hydrogen-bond donors (Lipinski definition) is 0. The summed E-state index contributed by atoms with van der Waals surface area (Å²) in [4.78, 5) is 5.35. The zero-order chi connectivity index (χ0) is 16.6. The summed E-state index contributed by atoms with van der Waals surface area (Å²) < 4.78 is 0. The average molecular weight is 311 g/mol. The second kappa shape index (κ2) is 9.27. The highest BCUT2D eigenvalue weighted by molar-refractivity contribution is 4.73. The first kappa shape index (κ1) is 20.0. The van der Waals surface area contributed by atoms with Crippen LogP contribution in [0.15, 0.2) is 0 Å². The minimum Gasteiger partial charge on any atom is -0.301 e. The minimum atomic E-state index is 0.506. The van der Waals surface area contributed by atoms with E-state index in [2.05, 4.69) is 51.3 Å². The second-order valence-corrected chi connectivity index (χ2v) is 9.72. The van der Waals surface area contributed by atoms with Crippen LogP contribution in [0.25, 0.3) is 0 Å². The Labute approximate surface area is 140 Å². The van der Waals surface area contributed by atoms with Crippen LogP contribution < -0.4 is 0 Å². The SMILES string of the molecule is CC(C)(C)CCCCN1CCN(CCCCC(C)(C)C)CC1. The number of rotatable bonds is 8. The average Bonchev–Trinajstić information content (AvgIpc) is 2.39. The highest BCUT2D eigenvalue weighted by Crippen LogP contribution is 2.22. The van der Waals surface area contributed by atoms with Crippen molar-refractivity contribution in [2.24, 2.45) is 10.8 Å². The summed E-state index contributed by atoms with van der Waals surface area (Å²) in [5, 5.41) is 0. The molecule has 1 fully saturated rings. The molecule has 0 aromatic carbocycles. The van der Waals surface area contributed by atoms with E-state index in [9.17, 15) is 0 Å². The van der Waals surface area contributed by atoms with Crippen LogP contribution in [0.3, 0.4) is 0 Å². The van der Waals surface area contributed by atoms with Crippen molar-refractivity contribution in [2.45, 2.75) is 80.1 Å².